The van der Waals surface area contributed by atoms with Gasteiger partial charge in [-0.3, -0.25) is 29.3 Å². The van der Waals surface area contributed by atoms with Crippen molar-refractivity contribution in [3.8, 4) is 0 Å². The molecule has 0 aliphatic heterocycles. The number of anilines is 1. The van der Waals surface area contributed by atoms with E-state index < -0.39 is 39.8 Å². The molecule has 1 amide bonds. The van der Waals surface area contributed by atoms with Crippen molar-refractivity contribution < 1.29 is 24.0 Å². The summed E-state index contributed by atoms with van der Waals surface area (Å²) >= 11 is 0. The molecule has 32 heavy (non-hydrogen) atoms. The molecular weight excluding hydrogens is 420 g/mol. The van der Waals surface area contributed by atoms with Gasteiger partial charge in [-0.05, 0) is 31.5 Å². The maximum Gasteiger partial charge on any atom is 0.323 e. The number of hydrogen-bond acceptors (Lipinski definition) is 8. The fraction of sp³-hybridized carbons (Fsp3) is 0.190. The minimum atomic E-state index is -1.92. The van der Waals surface area contributed by atoms with Crippen LogP contribution in [-0.4, -0.2) is 39.7 Å². The predicted octanol–water partition coefficient (Wildman–Crippen LogP) is 1.91. The number of nitrogens with one attached hydrogen (secondary N) is 2. The first-order valence-electron chi connectivity index (χ1n) is 9.31. The van der Waals surface area contributed by atoms with Gasteiger partial charge in [-0.2, -0.15) is 0 Å². The molecule has 1 unspecified atom stereocenters. The molecule has 0 spiro atoms. The van der Waals surface area contributed by atoms with Gasteiger partial charge in [-0.15, -0.1) is 0 Å². The number of non-ortho nitro benzene ring substituents is 1. The van der Waals surface area contributed by atoms with E-state index in [2.05, 4.69) is 20.0 Å². The highest BCUT2D eigenvalue weighted by Crippen LogP contribution is 2.21. The number of nitro benzene ring substituents is 1. The van der Waals surface area contributed by atoms with Crippen molar-refractivity contribution in [2.75, 3.05) is 12.4 Å². The normalized spacial score (nSPS) is 11.6. The van der Waals surface area contributed by atoms with Crippen LogP contribution in [0.5, 0.6) is 0 Å². The number of aryl methyl sites for hydroxylation is 2. The van der Waals surface area contributed by atoms with Gasteiger partial charge in [-0.25, -0.2) is 4.98 Å². The second-order valence-corrected chi connectivity index (χ2v) is 7.00. The molecule has 0 fully saturated rings. The number of H-pyrrole nitrogens is 1. The van der Waals surface area contributed by atoms with Gasteiger partial charge in [0.05, 0.1) is 23.1 Å². The minimum Gasteiger partial charge on any atom is -0.468 e. The number of ketones is 1. The number of fused-ring (bicyclic) bond motifs is 1. The van der Waals surface area contributed by atoms with Crippen molar-refractivity contribution >= 4 is 40.1 Å². The second kappa shape index (κ2) is 8.76. The van der Waals surface area contributed by atoms with Crippen LogP contribution in [0.15, 0.2) is 41.2 Å². The lowest BCUT2D eigenvalue weighted by Crippen LogP contribution is -2.37. The SMILES string of the molecule is COC(=O)C(C(=O)C(=O)Nc1ccc(C)cc1C)c1nc2ccc([N+](=O)[O-])cc2[nH]c1=O. The summed E-state index contributed by atoms with van der Waals surface area (Å²) in [7, 11) is 1.00. The molecular formula is C21H18N4O7. The summed E-state index contributed by atoms with van der Waals surface area (Å²) in [5.41, 5.74) is 0.335. The van der Waals surface area contributed by atoms with Gasteiger partial charge >= 0.3 is 5.97 Å². The standard InChI is InChI=1S/C21H18N4O7/c1-10-4-6-13(11(2)8-10)23-20(28)18(26)16(21(29)32-3)17-19(27)24-15-9-12(25(30)31)5-7-14(15)22-17/h4-9,16H,1-3H3,(H,23,28)(H,24,27). The summed E-state index contributed by atoms with van der Waals surface area (Å²) in [6, 6.07) is 8.64. The first-order valence-corrected chi connectivity index (χ1v) is 9.31. The number of Topliss-reactive ketones (excluding diaryl/α,β-unsaturated/α-hetero) is 1. The molecule has 1 heterocycles. The van der Waals surface area contributed by atoms with Gasteiger partial charge in [0.1, 0.15) is 5.69 Å². The Morgan fingerprint density at radius 2 is 1.88 bits per heavy atom. The van der Waals surface area contributed by atoms with Gasteiger partial charge in [0.15, 0.2) is 5.92 Å². The number of esters is 1. The molecule has 3 rings (SSSR count). The molecule has 0 saturated heterocycles. The third-order valence-electron chi connectivity index (χ3n) is 4.74. The third kappa shape index (κ3) is 4.36. The Bertz CT molecular complexity index is 1330. The van der Waals surface area contributed by atoms with Crippen LogP contribution in [0, 0.1) is 24.0 Å². The fourth-order valence-electron chi connectivity index (χ4n) is 3.13. The molecule has 11 heteroatoms. The fourth-order valence-corrected chi connectivity index (χ4v) is 3.13. The molecule has 1 atom stereocenters. The number of nitrogens with zero attached hydrogens (tertiary/aromatic N) is 2. The van der Waals surface area contributed by atoms with Crippen molar-refractivity contribution in [2.24, 2.45) is 0 Å². The Labute approximate surface area is 180 Å². The molecule has 0 radical (unpaired) electrons. The number of aromatic amines is 1. The summed E-state index contributed by atoms with van der Waals surface area (Å²) in [4.78, 5) is 67.0. The number of hydrogen-bond donors (Lipinski definition) is 2. The highest BCUT2D eigenvalue weighted by atomic mass is 16.6. The Balaban J connectivity index is 2.02. The van der Waals surface area contributed by atoms with Gasteiger partial charge in [-0.1, -0.05) is 17.7 Å². The topological polar surface area (TPSA) is 161 Å². The zero-order chi connectivity index (χ0) is 23.6. The Morgan fingerprint density at radius 1 is 1.16 bits per heavy atom. The van der Waals surface area contributed by atoms with Crippen molar-refractivity contribution in [1.29, 1.82) is 0 Å². The van der Waals surface area contributed by atoms with E-state index in [1.165, 1.54) is 6.07 Å². The zero-order valence-corrected chi connectivity index (χ0v) is 17.3. The van der Waals surface area contributed by atoms with E-state index in [9.17, 15) is 29.3 Å². The Morgan fingerprint density at radius 3 is 2.50 bits per heavy atom. The molecule has 0 saturated carbocycles. The maximum absolute atomic E-state index is 12.9. The van der Waals surface area contributed by atoms with Crippen molar-refractivity contribution in [1.82, 2.24) is 9.97 Å². The van der Waals surface area contributed by atoms with Crippen molar-refractivity contribution in [3.63, 3.8) is 0 Å². The van der Waals surface area contributed by atoms with Crippen LogP contribution >= 0.6 is 0 Å². The number of carbonyl (C=O) groups is 3. The lowest BCUT2D eigenvalue weighted by atomic mass is 9.99. The van der Waals surface area contributed by atoms with Crippen LogP contribution in [0.2, 0.25) is 0 Å². The van der Waals surface area contributed by atoms with Crippen LogP contribution < -0.4 is 10.9 Å². The number of nitro groups is 1. The summed E-state index contributed by atoms with van der Waals surface area (Å²) in [6.45, 7) is 3.60. The zero-order valence-electron chi connectivity index (χ0n) is 17.3. The van der Waals surface area contributed by atoms with E-state index in [0.717, 1.165) is 24.8 Å². The van der Waals surface area contributed by atoms with E-state index in [0.29, 0.717) is 11.3 Å². The summed E-state index contributed by atoms with van der Waals surface area (Å²) in [5.74, 6) is -5.44. The highest BCUT2D eigenvalue weighted by Gasteiger charge is 2.38. The number of carbonyl (C=O) groups excluding carboxylic acids is 3. The average molecular weight is 438 g/mol. The van der Waals surface area contributed by atoms with Crippen molar-refractivity contribution in [2.45, 2.75) is 19.8 Å². The summed E-state index contributed by atoms with van der Waals surface area (Å²) in [6.07, 6.45) is 0. The number of aromatic nitrogens is 2. The van der Waals surface area contributed by atoms with Crippen LogP contribution in [0.1, 0.15) is 22.7 Å². The largest absolute Gasteiger partial charge is 0.468 e. The molecule has 0 aliphatic carbocycles. The molecule has 11 nitrogen and oxygen atoms in total. The lowest BCUT2D eigenvalue weighted by Gasteiger charge is -2.14. The first kappa shape index (κ1) is 22.3. The van der Waals surface area contributed by atoms with E-state index in [4.69, 9.17) is 0 Å². The predicted molar refractivity (Wildman–Crippen MR) is 113 cm³/mol. The average Bonchev–Trinajstić information content (AvgIpc) is 2.75. The molecule has 3 aromatic rings. The Hall–Kier alpha value is -4.41. The summed E-state index contributed by atoms with van der Waals surface area (Å²) < 4.78 is 4.62. The number of rotatable bonds is 6. The Kier molecular flexibility index (Phi) is 6.10. The molecule has 164 valence electrons. The third-order valence-corrected chi connectivity index (χ3v) is 4.74. The summed E-state index contributed by atoms with van der Waals surface area (Å²) in [5, 5.41) is 13.4. The smallest absolute Gasteiger partial charge is 0.323 e. The molecule has 0 aliphatic rings. The van der Waals surface area contributed by atoms with Crippen LogP contribution in [-0.2, 0) is 19.1 Å². The first-order chi connectivity index (χ1) is 15.1. The molecule has 0 bridgehead atoms. The van der Waals surface area contributed by atoms with Crippen LogP contribution in [0.25, 0.3) is 11.0 Å². The molecule has 1 aromatic heterocycles. The monoisotopic (exact) mass is 438 g/mol. The van der Waals surface area contributed by atoms with E-state index in [1.54, 1.807) is 25.1 Å². The number of amides is 1. The maximum atomic E-state index is 12.9. The van der Waals surface area contributed by atoms with Crippen molar-refractivity contribution in [3.05, 3.63) is 73.7 Å². The van der Waals surface area contributed by atoms with E-state index in [-0.39, 0.29) is 16.7 Å². The van der Waals surface area contributed by atoms with Gasteiger partial charge in [0.25, 0.3) is 17.2 Å². The lowest BCUT2D eigenvalue weighted by molar-refractivity contribution is -0.384. The highest BCUT2D eigenvalue weighted by molar-refractivity contribution is 6.45. The molecule has 2 aromatic carbocycles. The van der Waals surface area contributed by atoms with Crippen LogP contribution in [0.3, 0.4) is 0 Å². The van der Waals surface area contributed by atoms with E-state index >= 15 is 0 Å². The van der Waals surface area contributed by atoms with Gasteiger partial charge < -0.3 is 15.0 Å². The number of ether oxygens (including phenoxy) is 1. The van der Waals surface area contributed by atoms with Crippen LogP contribution in [0.4, 0.5) is 11.4 Å². The quantitative estimate of drug-likeness (QED) is 0.194. The second-order valence-electron chi connectivity index (χ2n) is 7.00. The number of benzene rings is 2. The number of methoxy groups -OCH3 is 1. The minimum absolute atomic E-state index is 0.0312. The van der Waals surface area contributed by atoms with E-state index in [1.807, 2.05) is 6.92 Å². The van der Waals surface area contributed by atoms with Gasteiger partial charge in [0.2, 0.25) is 5.78 Å². The molecule has 2 N–H and O–H groups in total. The van der Waals surface area contributed by atoms with Gasteiger partial charge in [0, 0.05) is 17.8 Å².